The average Bonchev–Trinajstić information content (AvgIpc) is 3.01. The van der Waals surface area contributed by atoms with Gasteiger partial charge in [-0.2, -0.15) is 0 Å². The van der Waals surface area contributed by atoms with E-state index >= 15 is 0 Å². The van der Waals surface area contributed by atoms with Crippen LogP contribution in [0.1, 0.15) is 10.4 Å². The molecule has 5 nitrogen and oxygen atoms in total. The van der Waals surface area contributed by atoms with Crippen molar-refractivity contribution in [3.8, 4) is 11.1 Å². The van der Waals surface area contributed by atoms with Crippen LogP contribution in [-0.4, -0.2) is 21.0 Å². The smallest absolute Gasteiger partial charge is 0.308 e. The third-order valence-corrected chi connectivity index (χ3v) is 4.23. The molecule has 0 atom stereocenters. The van der Waals surface area contributed by atoms with Gasteiger partial charge in [-0.3, -0.25) is 9.78 Å². The maximum atomic E-state index is 10.7. The number of benzene rings is 1. The Labute approximate surface area is 137 Å². The molecule has 2 N–H and O–H groups in total. The summed E-state index contributed by atoms with van der Waals surface area (Å²) in [5.74, 6) is -0.841. The Bertz CT molecular complexity index is 785. The summed E-state index contributed by atoms with van der Waals surface area (Å²) in [4.78, 5) is 19.7. The summed E-state index contributed by atoms with van der Waals surface area (Å²) in [5.41, 5.74) is 3.35. The van der Waals surface area contributed by atoms with Crippen molar-refractivity contribution in [2.24, 2.45) is 0 Å². The maximum Gasteiger partial charge on any atom is 0.308 e. The number of nitrogens with zero attached hydrogens (tertiary/aromatic N) is 2. The van der Waals surface area contributed by atoms with Gasteiger partial charge in [0.15, 0.2) is 5.13 Å². The Kier molecular flexibility index (Phi) is 4.63. The highest BCUT2D eigenvalue weighted by atomic mass is 32.1. The first-order chi connectivity index (χ1) is 11.2. The first-order valence-electron chi connectivity index (χ1n) is 7.10. The van der Waals surface area contributed by atoms with Gasteiger partial charge in [0.2, 0.25) is 0 Å². The van der Waals surface area contributed by atoms with E-state index in [0.717, 1.165) is 26.7 Å². The summed E-state index contributed by atoms with van der Waals surface area (Å²) < 4.78 is 0. The molecule has 0 fully saturated rings. The molecule has 0 radical (unpaired) electrons. The summed E-state index contributed by atoms with van der Waals surface area (Å²) in [6.07, 6.45) is 5.22. The highest BCUT2D eigenvalue weighted by Crippen LogP contribution is 2.21. The number of aliphatic carboxylic acids is 1. The van der Waals surface area contributed by atoms with Crippen LogP contribution in [0.4, 0.5) is 5.13 Å². The van der Waals surface area contributed by atoms with Crippen LogP contribution in [0, 0.1) is 0 Å². The minimum Gasteiger partial charge on any atom is -0.481 e. The lowest BCUT2D eigenvalue weighted by Crippen LogP contribution is -1.98. The summed E-state index contributed by atoms with van der Waals surface area (Å²) in [6.45, 7) is 0.646. The fraction of sp³-hybridized carbons (Fsp3) is 0.118. The van der Waals surface area contributed by atoms with Crippen LogP contribution >= 0.6 is 11.3 Å². The first-order valence-corrected chi connectivity index (χ1v) is 7.92. The second-order valence-electron chi connectivity index (χ2n) is 4.99. The normalized spacial score (nSPS) is 10.4. The Morgan fingerprint density at radius 1 is 1.13 bits per heavy atom. The van der Waals surface area contributed by atoms with E-state index in [-0.39, 0.29) is 6.42 Å². The summed E-state index contributed by atoms with van der Waals surface area (Å²) in [6, 6.07) is 12.2. The van der Waals surface area contributed by atoms with E-state index in [2.05, 4.69) is 39.6 Å². The minimum absolute atomic E-state index is 0.0131. The van der Waals surface area contributed by atoms with Gasteiger partial charge in [-0.1, -0.05) is 30.3 Å². The van der Waals surface area contributed by atoms with E-state index in [9.17, 15) is 4.79 Å². The molecule has 6 heteroatoms. The molecule has 0 bridgehead atoms. The van der Waals surface area contributed by atoms with Gasteiger partial charge in [-0.05, 0) is 22.8 Å². The highest BCUT2D eigenvalue weighted by molar-refractivity contribution is 7.15. The lowest BCUT2D eigenvalue weighted by atomic mass is 10.1. The van der Waals surface area contributed by atoms with Gasteiger partial charge in [-0.15, -0.1) is 11.3 Å². The molecule has 0 aliphatic heterocycles. The SMILES string of the molecule is O=C(O)Cc1cnc(NCc2ccc(-c3cccnc3)cc2)s1. The van der Waals surface area contributed by atoms with Gasteiger partial charge in [0, 0.05) is 30.0 Å². The molecule has 0 unspecified atom stereocenters. The number of aromatic nitrogens is 2. The predicted octanol–water partition coefficient (Wildman–Crippen LogP) is 3.44. The Morgan fingerprint density at radius 2 is 1.96 bits per heavy atom. The standard InChI is InChI=1S/C17H15N3O2S/c21-16(22)8-15-11-20-17(23-15)19-9-12-3-5-13(6-4-12)14-2-1-7-18-10-14/h1-7,10-11H,8-9H2,(H,19,20)(H,21,22). The minimum atomic E-state index is -0.841. The zero-order chi connectivity index (χ0) is 16.1. The zero-order valence-corrected chi connectivity index (χ0v) is 13.1. The lowest BCUT2D eigenvalue weighted by Gasteiger charge is -2.05. The summed E-state index contributed by atoms with van der Waals surface area (Å²) >= 11 is 1.37. The summed E-state index contributed by atoms with van der Waals surface area (Å²) in [7, 11) is 0. The molecule has 0 aliphatic carbocycles. The number of rotatable bonds is 6. The zero-order valence-electron chi connectivity index (χ0n) is 12.3. The largest absolute Gasteiger partial charge is 0.481 e. The van der Waals surface area contributed by atoms with Crippen LogP contribution < -0.4 is 5.32 Å². The molecule has 2 aromatic heterocycles. The van der Waals surface area contributed by atoms with Gasteiger partial charge in [-0.25, -0.2) is 4.98 Å². The monoisotopic (exact) mass is 325 g/mol. The first kappa shape index (κ1) is 15.2. The van der Waals surface area contributed by atoms with Gasteiger partial charge < -0.3 is 10.4 Å². The molecular weight excluding hydrogens is 310 g/mol. The Hall–Kier alpha value is -2.73. The molecule has 0 saturated heterocycles. The topological polar surface area (TPSA) is 75.1 Å². The van der Waals surface area contributed by atoms with Crippen LogP contribution in [0.5, 0.6) is 0 Å². The fourth-order valence-electron chi connectivity index (χ4n) is 2.15. The van der Waals surface area contributed by atoms with E-state index in [1.165, 1.54) is 11.3 Å². The van der Waals surface area contributed by atoms with Gasteiger partial charge >= 0.3 is 5.97 Å². The van der Waals surface area contributed by atoms with Crippen LogP contribution in [-0.2, 0) is 17.8 Å². The molecule has 0 amide bonds. The molecule has 116 valence electrons. The van der Waals surface area contributed by atoms with Crippen molar-refractivity contribution >= 4 is 22.4 Å². The summed E-state index contributed by atoms with van der Waals surface area (Å²) in [5, 5.41) is 12.7. The second kappa shape index (κ2) is 7.02. The molecule has 3 aromatic rings. The number of hydrogen-bond donors (Lipinski definition) is 2. The van der Waals surface area contributed by atoms with Crippen molar-refractivity contribution in [3.63, 3.8) is 0 Å². The molecule has 0 saturated carbocycles. The van der Waals surface area contributed by atoms with E-state index in [1.807, 2.05) is 18.3 Å². The Morgan fingerprint density at radius 3 is 2.65 bits per heavy atom. The van der Waals surface area contributed by atoms with Crippen LogP contribution in [0.2, 0.25) is 0 Å². The van der Waals surface area contributed by atoms with Crippen molar-refractivity contribution in [1.29, 1.82) is 0 Å². The van der Waals surface area contributed by atoms with Gasteiger partial charge in [0.05, 0.1) is 6.42 Å². The highest BCUT2D eigenvalue weighted by Gasteiger charge is 2.06. The molecule has 0 aliphatic rings. The number of thiazole rings is 1. The number of nitrogens with one attached hydrogen (secondary N) is 1. The second-order valence-corrected chi connectivity index (χ2v) is 6.11. The van der Waals surface area contributed by atoms with E-state index < -0.39 is 5.97 Å². The molecule has 2 heterocycles. The Balaban J connectivity index is 1.60. The van der Waals surface area contributed by atoms with E-state index in [1.54, 1.807) is 12.4 Å². The van der Waals surface area contributed by atoms with Crippen molar-refractivity contribution in [2.75, 3.05) is 5.32 Å². The molecular formula is C17H15N3O2S. The molecule has 3 rings (SSSR count). The number of hydrogen-bond acceptors (Lipinski definition) is 5. The van der Waals surface area contributed by atoms with Crippen molar-refractivity contribution in [2.45, 2.75) is 13.0 Å². The van der Waals surface area contributed by atoms with E-state index in [4.69, 9.17) is 5.11 Å². The quantitative estimate of drug-likeness (QED) is 0.726. The van der Waals surface area contributed by atoms with E-state index in [0.29, 0.717) is 6.54 Å². The predicted molar refractivity (Wildman–Crippen MR) is 90.5 cm³/mol. The molecule has 1 aromatic carbocycles. The van der Waals surface area contributed by atoms with Gasteiger partial charge in [0.1, 0.15) is 0 Å². The van der Waals surface area contributed by atoms with Crippen molar-refractivity contribution < 1.29 is 9.90 Å². The van der Waals surface area contributed by atoms with Crippen molar-refractivity contribution in [1.82, 2.24) is 9.97 Å². The van der Waals surface area contributed by atoms with Crippen LogP contribution in [0.15, 0.2) is 55.0 Å². The molecule has 23 heavy (non-hydrogen) atoms. The number of carboxylic acid groups (broad SMARTS) is 1. The third kappa shape index (κ3) is 4.14. The third-order valence-electron chi connectivity index (χ3n) is 3.27. The number of carboxylic acids is 1. The average molecular weight is 325 g/mol. The number of pyridine rings is 1. The lowest BCUT2D eigenvalue weighted by molar-refractivity contribution is -0.136. The van der Waals surface area contributed by atoms with Gasteiger partial charge in [0.25, 0.3) is 0 Å². The van der Waals surface area contributed by atoms with Crippen LogP contribution in [0.25, 0.3) is 11.1 Å². The van der Waals surface area contributed by atoms with Crippen molar-refractivity contribution in [3.05, 3.63) is 65.4 Å². The fourth-order valence-corrected chi connectivity index (χ4v) is 2.95. The van der Waals surface area contributed by atoms with Crippen LogP contribution in [0.3, 0.4) is 0 Å². The maximum absolute atomic E-state index is 10.7. The number of carbonyl (C=O) groups is 1. The molecule has 0 spiro atoms. The number of anilines is 1.